The molecule has 0 aliphatic rings. The van der Waals surface area contributed by atoms with Crippen molar-refractivity contribution >= 4 is 16.0 Å². The predicted octanol–water partition coefficient (Wildman–Crippen LogP) is 0.00408. The molecule has 8 heteroatoms. The molecule has 106 valence electrons. The SMILES string of the molecule is COC(=O)/C(C#N)=C\NCc1ccc(S(N)(=O)=O)cc1. The number of nitriles is 1. The summed E-state index contributed by atoms with van der Waals surface area (Å²) >= 11 is 0. The predicted molar refractivity (Wildman–Crippen MR) is 70.4 cm³/mol. The lowest BCUT2D eigenvalue weighted by Gasteiger charge is -2.03. The number of benzene rings is 1. The first-order valence-corrected chi connectivity index (χ1v) is 6.97. The van der Waals surface area contributed by atoms with Gasteiger partial charge in [0.15, 0.2) is 5.57 Å². The van der Waals surface area contributed by atoms with Gasteiger partial charge in [0, 0.05) is 12.7 Å². The van der Waals surface area contributed by atoms with Crippen molar-refractivity contribution in [3.8, 4) is 6.07 Å². The summed E-state index contributed by atoms with van der Waals surface area (Å²) in [5.41, 5.74) is 0.601. The molecular formula is C12H13N3O4S. The highest BCUT2D eigenvalue weighted by molar-refractivity contribution is 7.89. The van der Waals surface area contributed by atoms with Crippen LogP contribution in [0.3, 0.4) is 0 Å². The number of ether oxygens (including phenoxy) is 1. The van der Waals surface area contributed by atoms with Gasteiger partial charge < -0.3 is 10.1 Å². The summed E-state index contributed by atoms with van der Waals surface area (Å²) in [5.74, 6) is -0.732. The van der Waals surface area contributed by atoms with Crippen molar-refractivity contribution in [3.63, 3.8) is 0 Å². The van der Waals surface area contributed by atoms with Crippen LogP contribution < -0.4 is 10.5 Å². The maximum Gasteiger partial charge on any atom is 0.350 e. The number of carbonyl (C=O) groups excluding carboxylic acids is 1. The zero-order chi connectivity index (χ0) is 15.2. The molecule has 1 aromatic rings. The molecule has 0 spiro atoms. The van der Waals surface area contributed by atoms with Gasteiger partial charge >= 0.3 is 5.97 Å². The fourth-order valence-corrected chi connectivity index (χ4v) is 1.83. The minimum Gasteiger partial charge on any atom is -0.465 e. The van der Waals surface area contributed by atoms with Gasteiger partial charge in [-0.25, -0.2) is 18.4 Å². The molecule has 1 aromatic carbocycles. The Morgan fingerprint density at radius 1 is 1.45 bits per heavy atom. The third-order valence-electron chi connectivity index (χ3n) is 2.33. The van der Waals surface area contributed by atoms with Crippen LogP contribution in [0.25, 0.3) is 0 Å². The van der Waals surface area contributed by atoms with Crippen LogP contribution in [-0.4, -0.2) is 21.5 Å². The fourth-order valence-electron chi connectivity index (χ4n) is 1.31. The number of primary sulfonamides is 1. The second-order valence-corrected chi connectivity index (χ2v) is 5.29. The zero-order valence-corrected chi connectivity index (χ0v) is 11.5. The van der Waals surface area contributed by atoms with Gasteiger partial charge in [0.05, 0.1) is 12.0 Å². The fraction of sp³-hybridized carbons (Fsp3) is 0.167. The third-order valence-corrected chi connectivity index (χ3v) is 3.26. The summed E-state index contributed by atoms with van der Waals surface area (Å²) in [5, 5.41) is 16.4. The van der Waals surface area contributed by atoms with E-state index in [9.17, 15) is 13.2 Å². The normalized spacial score (nSPS) is 11.6. The first-order chi connectivity index (χ1) is 9.38. The Bertz CT molecular complexity index is 657. The van der Waals surface area contributed by atoms with Crippen molar-refractivity contribution in [2.24, 2.45) is 5.14 Å². The summed E-state index contributed by atoms with van der Waals surface area (Å²) in [7, 11) is -2.53. The van der Waals surface area contributed by atoms with Crippen LogP contribution in [0.15, 0.2) is 40.9 Å². The maximum absolute atomic E-state index is 11.1. The molecule has 0 saturated carbocycles. The molecule has 0 fully saturated rings. The van der Waals surface area contributed by atoms with Gasteiger partial charge in [0.2, 0.25) is 10.0 Å². The second-order valence-electron chi connectivity index (χ2n) is 3.73. The van der Waals surface area contributed by atoms with E-state index in [2.05, 4.69) is 10.1 Å². The number of hydrogen-bond donors (Lipinski definition) is 2. The quantitative estimate of drug-likeness (QED) is 0.448. The summed E-state index contributed by atoms with van der Waals surface area (Å²) in [4.78, 5) is 11.1. The number of carbonyl (C=O) groups is 1. The number of methoxy groups -OCH3 is 1. The molecule has 0 saturated heterocycles. The Kier molecular flexibility index (Phi) is 5.25. The largest absolute Gasteiger partial charge is 0.465 e. The molecule has 7 nitrogen and oxygen atoms in total. The lowest BCUT2D eigenvalue weighted by molar-refractivity contribution is -0.135. The topological polar surface area (TPSA) is 122 Å². The van der Waals surface area contributed by atoms with Gasteiger partial charge in [-0.1, -0.05) is 12.1 Å². The minimum atomic E-state index is -3.71. The standard InChI is InChI=1S/C12H13N3O4S/c1-19-12(16)10(6-13)8-15-7-9-2-4-11(5-3-9)20(14,17)18/h2-5,8,15H,7H2,1H3,(H2,14,17,18)/b10-8-. The molecule has 0 radical (unpaired) electrons. The van der Waals surface area contributed by atoms with Gasteiger partial charge in [0.1, 0.15) is 6.07 Å². The van der Waals surface area contributed by atoms with E-state index in [1.54, 1.807) is 18.2 Å². The van der Waals surface area contributed by atoms with E-state index in [4.69, 9.17) is 10.4 Å². The van der Waals surface area contributed by atoms with Crippen molar-refractivity contribution in [3.05, 3.63) is 41.6 Å². The average molecular weight is 295 g/mol. The molecule has 0 amide bonds. The molecule has 1 rings (SSSR count). The molecular weight excluding hydrogens is 282 g/mol. The van der Waals surface area contributed by atoms with Crippen molar-refractivity contribution in [2.75, 3.05) is 7.11 Å². The molecule has 0 atom stereocenters. The minimum absolute atomic E-state index is 0.0177. The number of nitrogens with two attached hydrogens (primary N) is 1. The summed E-state index contributed by atoms with van der Waals surface area (Å²) < 4.78 is 26.5. The van der Waals surface area contributed by atoms with Gasteiger partial charge in [-0.15, -0.1) is 0 Å². The molecule has 0 heterocycles. The van der Waals surface area contributed by atoms with Crippen molar-refractivity contribution in [1.82, 2.24) is 5.32 Å². The maximum atomic E-state index is 11.1. The second kappa shape index (κ2) is 6.70. The number of rotatable bonds is 5. The van der Waals surface area contributed by atoms with Crippen LogP contribution in [0.2, 0.25) is 0 Å². The lowest BCUT2D eigenvalue weighted by atomic mass is 10.2. The van der Waals surface area contributed by atoms with Crippen molar-refractivity contribution < 1.29 is 17.9 Å². The molecule has 0 unspecified atom stereocenters. The van der Waals surface area contributed by atoms with Crippen LogP contribution in [-0.2, 0) is 26.1 Å². The number of esters is 1. The van der Waals surface area contributed by atoms with Crippen LogP contribution in [0.4, 0.5) is 0 Å². The van der Waals surface area contributed by atoms with Crippen molar-refractivity contribution in [1.29, 1.82) is 5.26 Å². The average Bonchev–Trinajstić information content (AvgIpc) is 2.42. The van der Waals surface area contributed by atoms with E-state index in [1.165, 1.54) is 25.4 Å². The number of hydrogen-bond acceptors (Lipinski definition) is 6. The summed E-state index contributed by atoms with van der Waals surface area (Å²) in [6, 6.07) is 7.60. The van der Waals surface area contributed by atoms with E-state index in [-0.39, 0.29) is 10.5 Å². The molecule has 0 aliphatic carbocycles. The van der Waals surface area contributed by atoms with E-state index in [0.717, 1.165) is 5.56 Å². The van der Waals surface area contributed by atoms with Crippen LogP contribution in [0.5, 0.6) is 0 Å². The number of nitrogens with zero attached hydrogens (tertiary/aromatic N) is 1. The van der Waals surface area contributed by atoms with E-state index >= 15 is 0 Å². The summed E-state index contributed by atoms with van der Waals surface area (Å²) in [6.07, 6.45) is 1.24. The van der Waals surface area contributed by atoms with Crippen LogP contribution >= 0.6 is 0 Å². The van der Waals surface area contributed by atoms with E-state index in [0.29, 0.717) is 6.54 Å². The Morgan fingerprint density at radius 2 is 2.05 bits per heavy atom. The monoisotopic (exact) mass is 295 g/mol. The Labute approximate surface area is 116 Å². The third kappa shape index (κ3) is 4.38. The highest BCUT2D eigenvalue weighted by atomic mass is 32.2. The van der Waals surface area contributed by atoms with Crippen LogP contribution in [0, 0.1) is 11.3 Å². The lowest BCUT2D eigenvalue weighted by Crippen LogP contribution is -2.13. The Morgan fingerprint density at radius 3 is 2.50 bits per heavy atom. The van der Waals surface area contributed by atoms with E-state index < -0.39 is 16.0 Å². The van der Waals surface area contributed by atoms with Gasteiger partial charge in [-0.2, -0.15) is 5.26 Å². The summed E-state index contributed by atoms with van der Waals surface area (Å²) in [6.45, 7) is 0.313. The Balaban J connectivity index is 2.70. The molecule has 3 N–H and O–H groups in total. The smallest absolute Gasteiger partial charge is 0.350 e. The number of sulfonamides is 1. The Hall–Kier alpha value is -2.37. The highest BCUT2D eigenvalue weighted by Crippen LogP contribution is 2.08. The first-order valence-electron chi connectivity index (χ1n) is 5.42. The van der Waals surface area contributed by atoms with Crippen LogP contribution in [0.1, 0.15) is 5.56 Å². The van der Waals surface area contributed by atoms with Crippen molar-refractivity contribution in [2.45, 2.75) is 11.4 Å². The van der Waals surface area contributed by atoms with E-state index in [1.807, 2.05) is 0 Å². The van der Waals surface area contributed by atoms with Gasteiger partial charge in [0.25, 0.3) is 0 Å². The molecule has 0 aliphatic heterocycles. The first kappa shape index (κ1) is 15.7. The highest BCUT2D eigenvalue weighted by Gasteiger charge is 2.08. The van der Waals surface area contributed by atoms with Gasteiger partial charge in [-0.05, 0) is 17.7 Å². The number of nitrogens with one attached hydrogen (secondary N) is 1. The van der Waals surface area contributed by atoms with Gasteiger partial charge in [-0.3, -0.25) is 0 Å². The molecule has 0 bridgehead atoms. The molecule has 20 heavy (non-hydrogen) atoms. The molecule has 0 aromatic heterocycles. The zero-order valence-electron chi connectivity index (χ0n) is 10.7.